The topological polar surface area (TPSA) is 55.8 Å². The lowest BCUT2D eigenvalue weighted by Gasteiger charge is -2.20. The number of carbonyl (C=O) groups is 1. The summed E-state index contributed by atoms with van der Waals surface area (Å²) in [6.07, 6.45) is 4.35. The van der Waals surface area contributed by atoms with Gasteiger partial charge in [-0.3, -0.25) is 4.79 Å². The normalized spacial score (nSPS) is 14.0. The highest BCUT2D eigenvalue weighted by Gasteiger charge is 2.23. The molecule has 2 atom stereocenters. The molecule has 0 aliphatic rings. The van der Waals surface area contributed by atoms with Crippen molar-refractivity contribution in [2.24, 2.45) is 0 Å². The van der Waals surface area contributed by atoms with Crippen LogP contribution in [0.3, 0.4) is 0 Å². The lowest BCUT2D eigenvalue weighted by Crippen LogP contribution is -2.31. The predicted octanol–water partition coefficient (Wildman–Crippen LogP) is 1.12. The first kappa shape index (κ1) is 14.6. The monoisotopic (exact) mass is 249 g/mol. The Balaban J connectivity index is 4.17. The molecule has 15 heavy (non-hydrogen) atoms. The fourth-order valence-electron chi connectivity index (χ4n) is 0.715. The first-order valence-electron chi connectivity index (χ1n) is 4.33. The van der Waals surface area contributed by atoms with E-state index < -0.39 is 17.5 Å². The molecule has 0 heterocycles. The van der Waals surface area contributed by atoms with Crippen LogP contribution in [0.15, 0.2) is 0 Å². The molecule has 85 valence electrons. The molecular weight excluding hydrogens is 236 g/mol. The molecule has 6 heteroatoms. The largest absolute Gasteiger partial charge is 0.448 e. The smallest absolute Gasteiger partial charge is 0.306 e. The Bertz CT molecular complexity index is 227. The number of ether oxygens (including phenoxy) is 1. The van der Waals surface area contributed by atoms with Gasteiger partial charge in [0.2, 0.25) is 0 Å². The van der Waals surface area contributed by atoms with Crippen LogP contribution in [0.1, 0.15) is 13.3 Å². The van der Waals surface area contributed by atoms with E-state index in [0.29, 0.717) is 5.75 Å². The minimum Gasteiger partial charge on any atom is -0.448 e. The van der Waals surface area contributed by atoms with E-state index in [4.69, 9.17) is 11.2 Å². The van der Waals surface area contributed by atoms with Crippen LogP contribution in [0.5, 0.6) is 0 Å². The van der Waals surface area contributed by atoms with E-state index in [0.717, 1.165) is 11.8 Å². The van der Waals surface area contributed by atoms with Gasteiger partial charge in [0, 0.05) is 6.42 Å². The van der Waals surface area contributed by atoms with Gasteiger partial charge in [0.1, 0.15) is 6.10 Å². The summed E-state index contributed by atoms with van der Waals surface area (Å²) in [6.45, 7) is 1.59. The highest BCUT2D eigenvalue weighted by Crippen LogP contribution is 2.17. The summed E-state index contributed by atoms with van der Waals surface area (Å²) in [5.41, 5.74) is -0.726. The van der Waals surface area contributed by atoms with Crippen LogP contribution in [0.2, 0.25) is 0 Å². The maximum Gasteiger partial charge on any atom is 0.306 e. The lowest BCUT2D eigenvalue weighted by molar-refractivity contribution is -0.149. The number of hydrogen-bond acceptors (Lipinski definition) is 5. The van der Waals surface area contributed by atoms with Gasteiger partial charge in [-0.1, -0.05) is 12.8 Å². The zero-order valence-corrected chi connectivity index (χ0v) is 9.97. The minimum absolute atomic E-state index is 0.0748. The van der Waals surface area contributed by atoms with Crippen molar-refractivity contribution < 1.29 is 18.8 Å². The third-order valence-electron chi connectivity index (χ3n) is 1.42. The molecule has 0 aromatic carbocycles. The van der Waals surface area contributed by atoms with E-state index in [1.165, 1.54) is 0 Å². The first-order chi connectivity index (χ1) is 7.15. The predicted molar refractivity (Wildman–Crippen MR) is 61.0 cm³/mol. The molecule has 0 amide bonds. The molecule has 0 bridgehead atoms. The van der Waals surface area contributed by atoms with Gasteiger partial charge in [0.25, 0.3) is 0 Å². The molecule has 0 aromatic heterocycles. The van der Waals surface area contributed by atoms with Crippen LogP contribution in [0.4, 0.5) is 0 Å². The Morgan fingerprint density at radius 2 is 2.40 bits per heavy atom. The van der Waals surface area contributed by atoms with E-state index in [-0.39, 0.29) is 13.0 Å². The molecule has 0 saturated carbocycles. The number of thioether (sulfide) groups is 1. The van der Waals surface area contributed by atoms with Crippen LogP contribution in [-0.4, -0.2) is 35.0 Å². The molecule has 0 aromatic rings. The van der Waals surface area contributed by atoms with Crippen molar-refractivity contribution in [1.82, 2.24) is 0 Å². The van der Waals surface area contributed by atoms with Gasteiger partial charge >= 0.3 is 5.97 Å². The van der Waals surface area contributed by atoms with Crippen LogP contribution in [-0.2, 0) is 13.7 Å². The highest BCUT2D eigenvalue weighted by atomic mass is 32.2. The van der Waals surface area contributed by atoms with E-state index in [1.807, 2.05) is 0 Å². The molecule has 0 spiro atoms. The van der Waals surface area contributed by atoms with Crippen LogP contribution < -0.4 is 0 Å². The molecule has 4 nitrogen and oxygen atoms in total. The second-order valence-corrected chi connectivity index (χ2v) is 3.90. The number of carbonyl (C=O) groups excluding carboxylic acids is 1. The maximum absolute atomic E-state index is 11.0. The molecule has 1 radical (unpaired) electrons. The molecule has 1 N–H and O–H groups in total. The summed E-state index contributed by atoms with van der Waals surface area (Å²) in [4.78, 5) is 11.0. The second kappa shape index (κ2) is 8.92. The average molecular weight is 249 g/mol. The van der Waals surface area contributed by atoms with Crippen molar-refractivity contribution in [3.63, 3.8) is 0 Å². The molecule has 0 aliphatic carbocycles. The summed E-state index contributed by atoms with van der Waals surface area (Å²) in [5.74, 6) is 2.33. The number of rotatable bonds is 7. The number of aliphatic hydroxyl groups is 1. The molecular formula is C9H13O4S2. The van der Waals surface area contributed by atoms with Gasteiger partial charge in [-0.15, -0.1) is 18.2 Å². The molecule has 0 aliphatic heterocycles. The van der Waals surface area contributed by atoms with E-state index in [1.54, 1.807) is 6.92 Å². The standard InChI is InChI=1S/C9H13O4S2/c1-3-5-15-9(7(10)6-12-14)13-8(11)4-2/h1,7,9-10H,4-6H2,2H3. The van der Waals surface area contributed by atoms with Crippen LogP contribution in [0.25, 0.3) is 0 Å². The summed E-state index contributed by atoms with van der Waals surface area (Å²) in [5, 5.41) is 9.52. The van der Waals surface area contributed by atoms with Gasteiger partial charge < -0.3 is 14.0 Å². The molecule has 0 rings (SSSR count). The van der Waals surface area contributed by atoms with E-state index >= 15 is 0 Å². The Morgan fingerprint density at radius 1 is 1.73 bits per heavy atom. The first-order valence-corrected chi connectivity index (χ1v) is 5.71. The Kier molecular flexibility index (Phi) is 8.71. The summed E-state index contributed by atoms with van der Waals surface area (Å²) in [6, 6.07) is 0. The van der Waals surface area contributed by atoms with Gasteiger partial charge in [0.05, 0.1) is 25.3 Å². The fraction of sp³-hybridized carbons (Fsp3) is 0.667. The summed E-state index contributed by atoms with van der Waals surface area (Å²) >= 11 is 5.41. The van der Waals surface area contributed by atoms with Crippen molar-refractivity contribution in [1.29, 1.82) is 0 Å². The van der Waals surface area contributed by atoms with Gasteiger partial charge in [-0.2, -0.15) is 0 Å². The molecule has 0 saturated heterocycles. The Hall–Kier alpha value is -0.350. The zero-order valence-electron chi connectivity index (χ0n) is 8.34. The van der Waals surface area contributed by atoms with Crippen molar-refractivity contribution in [2.45, 2.75) is 24.9 Å². The number of hydrogen-bond donors (Lipinski definition) is 1. The fourth-order valence-corrected chi connectivity index (χ4v) is 1.59. The average Bonchev–Trinajstić information content (AvgIpc) is 2.24. The van der Waals surface area contributed by atoms with Gasteiger partial charge in [-0.05, 0) is 0 Å². The number of aliphatic hydroxyl groups excluding tert-OH is 1. The third-order valence-corrected chi connectivity index (χ3v) is 2.63. The zero-order chi connectivity index (χ0) is 11.7. The van der Waals surface area contributed by atoms with Crippen LogP contribution >= 0.6 is 24.7 Å². The summed E-state index contributed by atoms with van der Waals surface area (Å²) < 4.78 is 9.33. The molecule has 2 unspecified atom stereocenters. The van der Waals surface area contributed by atoms with E-state index in [2.05, 4.69) is 23.0 Å². The second-order valence-electron chi connectivity index (χ2n) is 2.58. The van der Waals surface area contributed by atoms with E-state index in [9.17, 15) is 9.90 Å². The third kappa shape index (κ3) is 6.68. The molecule has 0 fully saturated rings. The maximum atomic E-state index is 11.0. The lowest BCUT2D eigenvalue weighted by atomic mass is 10.4. The SMILES string of the molecule is C#CCSC(OC(=O)CC)C(O)CO[S]. The van der Waals surface area contributed by atoms with Crippen molar-refractivity contribution in [3.05, 3.63) is 0 Å². The Morgan fingerprint density at radius 3 is 2.87 bits per heavy atom. The van der Waals surface area contributed by atoms with Gasteiger partial charge in [0.15, 0.2) is 5.44 Å². The quantitative estimate of drug-likeness (QED) is 0.416. The Labute approximate surface area is 99.3 Å². The number of terminal acetylenes is 1. The van der Waals surface area contributed by atoms with Crippen LogP contribution in [0, 0.1) is 12.3 Å². The number of esters is 1. The highest BCUT2D eigenvalue weighted by molar-refractivity contribution is 8.00. The minimum atomic E-state index is -0.962. The van der Waals surface area contributed by atoms with Crippen molar-refractivity contribution >= 4 is 30.6 Å². The van der Waals surface area contributed by atoms with Crippen molar-refractivity contribution in [2.75, 3.05) is 12.4 Å². The van der Waals surface area contributed by atoms with Gasteiger partial charge in [-0.25, -0.2) is 0 Å². The summed E-state index contributed by atoms with van der Waals surface area (Å²) in [7, 11) is 0. The van der Waals surface area contributed by atoms with Crippen molar-refractivity contribution in [3.8, 4) is 12.3 Å².